The van der Waals surface area contributed by atoms with E-state index in [0.29, 0.717) is 18.0 Å². The van der Waals surface area contributed by atoms with Gasteiger partial charge >= 0.3 is 0 Å². The van der Waals surface area contributed by atoms with Gasteiger partial charge in [0, 0.05) is 18.2 Å². The summed E-state index contributed by atoms with van der Waals surface area (Å²) in [5, 5.41) is 6.60. The Morgan fingerprint density at radius 1 is 1.35 bits per heavy atom. The number of aromatic nitrogens is 1. The van der Waals surface area contributed by atoms with E-state index >= 15 is 0 Å². The molecule has 1 heterocycles. The van der Waals surface area contributed by atoms with Gasteiger partial charge in [-0.2, -0.15) is 0 Å². The zero-order chi connectivity index (χ0) is 14.4. The average Bonchev–Trinajstić information content (AvgIpc) is 2.97. The smallest absolute Gasteiger partial charge is 0.273 e. The van der Waals surface area contributed by atoms with Crippen molar-refractivity contribution >= 4 is 5.91 Å². The zero-order valence-corrected chi connectivity index (χ0v) is 11.7. The molecule has 1 aromatic heterocycles. The molecule has 0 spiro atoms. The predicted octanol–water partition coefficient (Wildman–Crippen LogP) is 2.88. The molecular formula is C15H18N2O3. The lowest BCUT2D eigenvalue weighted by atomic mass is 10.1. The molecule has 0 aliphatic heterocycles. The second kappa shape index (κ2) is 6.75. The van der Waals surface area contributed by atoms with Crippen molar-refractivity contribution in [3.05, 3.63) is 36.0 Å². The fraction of sp³-hybridized carbons (Fsp3) is 0.333. The Hall–Kier alpha value is -2.30. The molecule has 0 unspecified atom stereocenters. The van der Waals surface area contributed by atoms with Crippen molar-refractivity contribution in [2.24, 2.45) is 0 Å². The van der Waals surface area contributed by atoms with E-state index in [1.807, 2.05) is 24.3 Å². The van der Waals surface area contributed by atoms with Gasteiger partial charge in [0.15, 0.2) is 11.5 Å². The highest BCUT2D eigenvalue weighted by atomic mass is 16.5. The molecule has 0 saturated carbocycles. The molecule has 20 heavy (non-hydrogen) atoms. The van der Waals surface area contributed by atoms with Crippen LogP contribution in [0, 0.1) is 0 Å². The predicted molar refractivity (Wildman–Crippen MR) is 75.7 cm³/mol. The van der Waals surface area contributed by atoms with Gasteiger partial charge in [0.2, 0.25) is 0 Å². The lowest BCUT2D eigenvalue weighted by Crippen LogP contribution is -2.24. The van der Waals surface area contributed by atoms with Crippen molar-refractivity contribution in [2.45, 2.75) is 19.8 Å². The normalized spacial score (nSPS) is 10.3. The Balaban J connectivity index is 2.05. The minimum atomic E-state index is -0.207. The van der Waals surface area contributed by atoms with Crippen LogP contribution in [0.15, 0.2) is 34.9 Å². The van der Waals surface area contributed by atoms with Gasteiger partial charge in [-0.05, 0) is 30.7 Å². The standard InChI is InChI=1S/C15H18N2O3/c1-3-4-9-16-15(18)13-10-14(20-17-13)11-5-7-12(19-2)8-6-11/h5-8,10H,3-4,9H2,1-2H3,(H,16,18). The van der Waals surface area contributed by atoms with Crippen LogP contribution in [0.5, 0.6) is 5.75 Å². The molecule has 0 atom stereocenters. The quantitative estimate of drug-likeness (QED) is 0.823. The van der Waals surface area contributed by atoms with Gasteiger partial charge in [-0.15, -0.1) is 0 Å². The van der Waals surface area contributed by atoms with E-state index in [1.54, 1.807) is 13.2 Å². The Labute approximate surface area is 117 Å². The molecule has 106 valence electrons. The van der Waals surface area contributed by atoms with Crippen molar-refractivity contribution in [3.63, 3.8) is 0 Å². The van der Waals surface area contributed by atoms with Crippen LogP contribution < -0.4 is 10.1 Å². The van der Waals surface area contributed by atoms with Crippen molar-refractivity contribution < 1.29 is 14.1 Å². The molecule has 1 amide bonds. The van der Waals surface area contributed by atoms with Crippen LogP contribution in [0.3, 0.4) is 0 Å². The number of carbonyl (C=O) groups is 1. The van der Waals surface area contributed by atoms with Crippen LogP contribution >= 0.6 is 0 Å². The maximum absolute atomic E-state index is 11.8. The van der Waals surface area contributed by atoms with Crippen molar-refractivity contribution in [2.75, 3.05) is 13.7 Å². The molecule has 1 aromatic carbocycles. The maximum Gasteiger partial charge on any atom is 0.273 e. The van der Waals surface area contributed by atoms with Crippen LogP contribution in [0.4, 0.5) is 0 Å². The largest absolute Gasteiger partial charge is 0.497 e. The number of unbranched alkanes of at least 4 members (excludes halogenated alkanes) is 1. The van der Waals surface area contributed by atoms with E-state index in [0.717, 1.165) is 24.2 Å². The molecule has 5 heteroatoms. The van der Waals surface area contributed by atoms with Gasteiger partial charge in [-0.3, -0.25) is 4.79 Å². The number of nitrogens with zero attached hydrogens (tertiary/aromatic N) is 1. The Bertz CT molecular complexity index is 561. The highest BCUT2D eigenvalue weighted by molar-refractivity contribution is 5.93. The molecule has 2 aromatic rings. The molecule has 0 aliphatic rings. The number of amides is 1. The summed E-state index contributed by atoms with van der Waals surface area (Å²) >= 11 is 0. The number of rotatable bonds is 6. The monoisotopic (exact) mass is 274 g/mol. The molecule has 0 saturated heterocycles. The van der Waals surface area contributed by atoms with Gasteiger partial charge in [0.05, 0.1) is 7.11 Å². The summed E-state index contributed by atoms with van der Waals surface area (Å²) in [5.41, 5.74) is 1.15. The van der Waals surface area contributed by atoms with Crippen LogP contribution in [0.1, 0.15) is 30.3 Å². The summed E-state index contributed by atoms with van der Waals surface area (Å²) < 4.78 is 10.3. The average molecular weight is 274 g/mol. The lowest BCUT2D eigenvalue weighted by Gasteiger charge is -2.00. The zero-order valence-electron chi connectivity index (χ0n) is 11.7. The molecule has 0 aliphatic carbocycles. The third kappa shape index (κ3) is 3.38. The third-order valence-corrected chi connectivity index (χ3v) is 2.93. The number of ether oxygens (including phenoxy) is 1. The molecule has 0 radical (unpaired) electrons. The third-order valence-electron chi connectivity index (χ3n) is 2.93. The maximum atomic E-state index is 11.8. The summed E-state index contributed by atoms with van der Waals surface area (Å²) in [4.78, 5) is 11.8. The lowest BCUT2D eigenvalue weighted by molar-refractivity contribution is 0.0944. The summed E-state index contributed by atoms with van der Waals surface area (Å²) in [6.45, 7) is 2.73. The second-order valence-corrected chi connectivity index (χ2v) is 4.41. The molecule has 0 bridgehead atoms. The number of hydrogen-bond acceptors (Lipinski definition) is 4. The Kier molecular flexibility index (Phi) is 4.76. The number of methoxy groups -OCH3 is 1. The van der Waals surface area contributed by atoms with Gasteiger partial charge < -0.3 is 14.6 Å². The Morgan fingerprint density at radius 2 is 2.10 bits per heavy atom. The fourth-order valence-corrected chi connectivity index (χ4v) is 1.74. The summed E-state index contributed by atoms with van der Waals surface area (Å²) in [5.74, 6) is 1.13. The van der Waals surface area contributed by atoms with Crippen molar-refractivity contribution in [3.8, 4) is 17.1 Å². The highest BCUT2D eigenvalue weighted by Crippen LogP contribution is 2.22. The van der Waals surface area contributed by atoms with Gasteiger partial charge in [0.1, 0.15) is 5.75 Å². The fourth-order valence-electron chi connectivity index (χ4n) is 1.74. The number of carbonyl (C=O) groups excluding carboxylic acids is 1. The topological polar surface area (TPSA) is 64.4 Å². The van der Waals surface area contributed by atoms with Crippen LogP contribution in [0.2, 0.25) is 0 Å². The number of nitrogens with one attached hydrogen (secondary N) is 1. The van der Waals surface area contributed by atoms with E-state index in [-0.39, 0.29) is 5.91 Å². The second-order valence-electron chi connectivity index (χ2n) is 4.41. The van der Waals surface area contributed by atoms with Crippen LogP contribution in [-0.2, 0) is 0 Å². The highest BCUT2D eigenvalue weighted by Gasteiger charge is 2.13. The summed E-state index contributed by atoms with van der Waals surface area (Å²) in [6.07, 6.45) is 1.99. The minimum absolute atomic E-state index is 0.207. The first-order valence-corrected chi connectivity index (χ1v) is 6.64. The minimum Gasteiger partial charge on any atom is -0.497 e. The van der Waals surface area contributed by atoms with Crippen LogP contribution in [0.25, 0.3) is 11.3 Å². The molecule has 5 nitrogen and oxygen atoms in total. The van der Waals surface area contributed by atoms with E-state index in [1.165, 1.54) is 0 Å². The Morgan fingerprint density at radius 3 is 2.75 bits per heavy atom. The molecule has 1 N–H and O–H groups in total. The first-order valence-electron chi connectivity index (χ1n) is 6.64. The SMILES string of the molecule is CCCCNC(=O)c1cc(-c2ccc(OC)cc2)on1. The van der Waals surface area contributed by atoms with Crippen molar-refractivity contribution in [1.29, 1.82) is 0 Å². The molecular weight excluding hydrogens is 256 g/mol. The van der Waals surface area contributed by atoms with Crippen LogP contribution in [-0.4, -0.2) is 24.7 Å². The number of hydrogen-bond donors (Lipinski definition) is 1. The molecule has 0 fully saturated rings. The van der Waals surface area contributed by atoms with Gasteiger partial charge in [-0.25, -0.2) is 0 Å². The van der Waals surface area contributed by atoms with E-state index in [9.17, 15) is 4.79 Å². The first kappa shape index (κ1) is 14.1. The van der Waals surface area contributed by atoms with Gasteiger partial charge in [0.25, 0.3) is 5.91 Å². The van der Waals surface area contributed by atoms with E-state index in [2.05, 4.69) is 17.4 Å². The van der Waals surface area contributed by atoms with Crippen molar-refractivity contribution in [1.82, 2.24) is 10.5 Å². The number of benzene rings is 1. The van der Waals surface area contributed by atoms with Gasteiger partial charge in [-0.1, -0.05) is 18.5 Å². The molecule has 2 rings (SSSR count). The van der Waals surface area contributed by atoms with E-state index < -0.39 is 0 Å². The first-order chi connectivity index (χ1) is 9.74. The van der Waals surface area contributed by atoms with E-state index in [4.69, 9.17) is 9.26 Å². The summed E-state index contributed by atoms with van der Waals surface area (Å²) in [6, 6.07) is 9.02. The summed E-state index contributed by atoms with van der Waals surface area (Å²) in [7, 11) is 1.61.